The van der Waals surface area contributed by atoms with Crippen LogP contribution in [0.2, 0.25) is 0 Å². The van der Waals surface area contributed by atoms with E-state index in [0.717, 1.165) is 36.4 Å². The topological polar surface area (TPSA) is 316 Å². The summed E-state index contributed by atoms with van der Waals surface area (Å²) in [4.78, 5) is 26.4. The monoisotopic (exact) mass is 758 g/mol. The minimum atomic E-state index is -2.04. The lowest BCUT2D eigenvalue weighted by Crippen LogP contribution is -2.61. The van der Waals surface area contributed by atoms with Gasteiger partial charge in [0.05, 0.1) is 13.2 Å². The average Bonchev–Trinajstić information content (AvgIpc) is 3.12. The number of rotatable bonds is 9. The lowest BCUT2D eigenvalue weighted by Gasteiger charge is -2.41. The second-order valence-electron chi connectivity index (χ2n) is 12.3. The van der Waals surface area contributed by atoms with Crippen molar-refractivity contribution in [2.45, 2.75) is 55.3 Å². The molecular formula is C35H34O19. The van der Waals surface area contributed by atoms with Gasteiger partial charge in [-0.2, -0.15) is 0 Å². The minimum Gasteiger partial charge on any atom is -0.508 e. The van der Waals surface area contributed by atoms with Crippen LogP contribution in [0, 0.1) is 0 Å². The van der Waals surface area contributed by atoms with Crippen LogP contribution in [0.5, 0.6) is 40.2 Å². The molecule has 2 aliphatic heterocycles. The third-order valence-electron chi connectivity index (χ3n) is 8.58. The summed E-state index contributed by atoms with van der Waals surface area (Å²) in [5.41, 5.74) is -1.17. The Bertz CT molecular complexity index is 2110. The van der Waals surface area contributed by atoms with E-state index in [9.17, 15) is 65.8 Å². The molecule has 6 rings (SSSR count). The van der Waals surface area contributed by atoms with E-state index < -0.39 is 126 Å². The first kappa shape index (κ1) is 38.1. The van der Waals surface area contributed by atoms with Gasteiger partial charge in [0, 0.05) is 23.8 Å². The fourth-order valence-corrected chi connectivity index (χ4v) is 5.70. The molecule has 19 nitrogen and oxygen atoms in total. The van der Waals surface area contributed by atoms with Crippen molar-refractivity contribution in [2.24, 2.45) is 0 Å². The number of carbonyl (C=O) groups excluding carboxylic acids is 1. The van der Waals surface area contributed by atoms with Crippen molar-refractivity contribution >= 4 is 23.0 Å². The zero-order valence-corrected chi connectivity index (χ0v) is 27.6. The highest BCUT2D eigenvalue weighted by molar-refractivity contribution is 5.89. The van der Waals surface area contributed by atoms with Crippen LogP contribution in [0.1, 0.15) is 5.56 Å². The maximum Gasteiger partial charge on any atom is 0.331 e. The van der Waals surface area contributed by atoms with E-state index in [1.54, 1.807) is 0 Å². The molecule has 0 spiro atoms. The molecule has 288 valence electrons. The van der Waals surface area contributed by atoms with Crippen molar-refractivity contribution in [3.05, 3.63) is 70.4 Å². The molecule has 3 heterocycles. The standard InChI is InChI=1S/C35H34O19/c36-15-9-20(41)25-22(10-15)51-31(14-3-5-17(38)19(40)8-14)32(28(25)46)54-34-30(48)29(47)27(45)23(52-34)12-50-35-33(26(44)21(42)11-49-35)53-24(43)6-2-13-1-4-16(37)18(39)7-13/h1-10,21,23,26-27,29-30,33-42,44-45,47-48H,11-12H2/b6-2+/t21-,23-,26-,27+,29-,30+,33+,34-,35-/m0/s1. The second kappa shape index (κ2) is 15.4. The summed E-state index contributed by atoms with van der Waals surface area (Å²) in [6.07, 6.45) is -13.9. The molecule has 0 unspecified atom stereocenters. The summed E-state index contributed by atoms with van der Waals surface area (Å²) in [5, 5.41) is 112. The lowest BCUT2D eigenvalue weighted by molar-refractivity contribution is -0.308. The molecule has 3 aromatic carbocycles. The van der Waals surface area contributed by atoms with Gasteiger partial charge in [-0.3, -0.25) is 4.79 Å². The number of hydrogen-bond acceptors (Lipinski definition) is 19. The Morgan fingerprint density at radius 1 is 0.778 bits per heavy atom. The molecule has 2 saturated heterocycles. The first-order chi connectivity index (χ1) is 25.6. The van der Waals surface area contributed by atoms with Crippen LogP contribution in [0.3, 0.4) is 0 Å². The number of aliphatic hydroxyl groups is 5. The summed E-state index contributed by atoms with van der Waals surface area (Å²) in [6, 6.07) is 8.85. The van der Waals surface area contributed by atoms with Gasteiger partial charge in [0.1, 0.15) is 59.1 Å². The normalized spacial score (nSPS) is 27.2. The van der Waals surface area contributed by atoms with Crippen LogP contribution >= 0.6 is 0 Å². The number of hydrogen-bond donors (Lipinski definition) is 11. The van der Waals surface area contributed by atoms with E-state index in [2.05, 4.69) is 0 Å². The highest BCUT2D eigenvalue weighted by atomic mass is 16.7. The van der Waals surface area contributed by atoms with Crippen LogP contribution in [0.4, 0.5) is 0 Å². The molecule has 2 aliphatic rings. The van der Waals surface area contributed by atoms with E-state index in [1.807, 2.05) is 0 Å². The van der Waals surface area contributed by atoms with Crippen molar-refractivity contribution in [1.29, 1.82) is 0 Å². The molecule has 2 fully saturated rings. The largest absolute Gasteiger partial charge is 0.508 e. The molecule has 11 N–H and O–H groups in total. The number of phenolic OH excluding ortho intramolecular Hbond substituents is 6. The van der Waals surface area contributed by atoms with Crippen molar-refractivity contribution in [3.63, 3.8) is 0 Å². The van der Waals surface area contributed by atoms with E-state index in [4.69, 9.17) is 28.1 Å². The van der Waals surface area contributed by atoms with Gasteiger partial charge in [0.15, 0.2) is 41.2 Å². The van der Waals surface area contributed by atoms with Crippen molar-refractivity contribution < 1.29 is 89.1 Å². The average molecular weight is 759 g/mol. The number of phenols is 6. The Balaban J connectivity index is 1.23. The molecular weight excluding hydrogens is 724 g/mol. The molecule has 0 bridgehead atoms. The van der Waals surface area contributed by atoms with Gasteiger partial charge in [-0.25, -0.2) is 4.79 Å². The molecule has 0 amide bonds. The zero-order chi connectivity index (χ0) is 39.0. The predicted molar refractivity (Wildman–Crippen MR) is 178 cm³/mol. The Labute approximate surface area is 302 Å². The molecule has 1 aromatic heterocycles. The number of aliphatic hydroxyl groups excluding tert-OH is 5. The van der Waals surface area contributed by atoms with Crippen LogP contribution in [-0.2, 0) is 23.7 Å². The van der Waals surface area contributed by atoms with Gasteiger partial charge in [-0.05, 0) is 42.0 Å². The lowest BCUT2D eigenvalue weighted by atomic mass is 9.99. The summed E-state index contributed by atoms with van der Waals surface area (Å²) in [6.45, 7) is -1.19. The van der Waals surface area contributed by atoms with Crippen molar-refractivity contribution in [2.75, 3.05) is 13.2 Å². The van der Waals surface area contributed by atoms with Crippen LogP contribution in [-0.4, -0.2) is 131 Å². The SMILES string of the molecule is O=C(/C=C/c1ccc(O)c(O)c1)O[C@H]1[C@H](OC[C@@H]2O[C@@H](Oc3c(-c4ccc(O)c(O)c4)oc4cc(O)cc(O)c4c3=O)[C@H](O)[C@@H](O)[C@@H]2O)OC[C@H](O)[C@@H]1O. The highest BCUT2D eigenvalue weighted by Gasteiger charge is 2.48. The minimum absolute atomic E-state index is 0.0697. The molecule has 19 heteroatoms. The summed E-state index contributed by atoms with van der Waals surface area (Å²) >= 11 is 0. The van der Waals surface area contributed by atoms with E-state index in [0.29, 0.717) is 5.56 Å². The third kappa shape index (κ3) is 7.69. The number of fused-ring (bicyclic) bond motifs is 1. The summed E-state index contributed by atoms with van der Waals surface area (Å²) in [5.74, 6) is -5.43. The molecule has 4 aromatic rings. The summed E-state index contributed by atoms with van der Waals surface area (Å²) in [7, 11) is 0. The van der Waals surface area contributed by atoms with Crippen LogP contribution in [0.15, 0.2) is 63.8 Å². The van der Waals surface area contributed by atoms with Gasteiger partial charge in [-0.1, -0.05) is 6.07 Å². The first-order valence-corrected chi connectivity index (χ1v) is 16.0. The Morgan fingerprint density at radius 3 is 2.19 bits per heavy atom. The predicted octanol–water partition coefficient (Wildman–Crippen LogP) is -0.400. The molecule has 0 saturated carbocycles. The zero-order valence-electron chi connectivity index (χ0n) is 27.6. The third-order valence-corrected chi connectivity index (χ3v) is 8.58. The second-order valence-corrected chi connectivity index (χ2v) is 12.3. The van der Waals surface area contributed by atoms with Gasteiger partial charge >= 0.3 is 5.97 Å². The number of esters is 1. The quantitative estimate of drug-likeness (QED) is 0.0588. The first-order valence-electron chi connectivity index (χ1n) is 16.0. The highest BCUT2D eigenvalue weighted by Crippen LogP contribution is 2.39. The van der Waals surface area contributed by atoms with Gasteiger partial charge in [-0.15, -0.1) is 0 Å². The van der Waals surface area contributed by atoms with Crippen molar-refractivity contribution in [3.8, 4) is 51.6 Å². The van der Waals surface area contributed by atoms with E-state index in [-0.39, 0.29) is 16.9 Å². The number of ether oxygens (including phenoxy) is 5. The fourth-order valence-electron chi connectivity index (χ4n) is 5.70. The van der Waals surface area contributed by atoms with Gasteiger partial charge < -0.3 is 84.3 Å². The number of benzene rings is 3. The molecule has 9 atom stereocenters. The van der Waals surface area contributed by atoms with Crippen LogP contribution < -0.4 is 10.2 Å². The number of carbonyl (C=O) groups is 1. The molecule has 0 radical (unpaired) electrons. The van der Waals surface area contributed by atoms with E-state index >= 15 is 0 Å². The number of aromatic hydroxyl groups is 6. The Hall–Kier alpha value is -5.64. The van der Waals surface area contributed by atoms with Crippen LogP contribution in [0.25, 0.3) is 28.4 Å². The fraction of sp³-hybridized carbons (Fsp3) is 0.314. The molecule has 0 aliphatic carbocycles. The smallest absolute Gasteiger partial charge is 0.331 e. The van der Waals surface area contributed by atoms with Gasteiger partial charge in [0.2, 0.25) is 17.5 Å². The van der Waals surface area contributed by atoms with Crippen molar-refractivity contribution in [1.82, 2.24) is 0 Å². The Morgan fingerprint density at radius 2 is 1.48 bits per heavy atom. The van der Waals surface area contributed by atoms with E-state index in [1.165, 1.54) is 24.3 Å². The summed E-state index contributed by atoms with van der Waals surface area (Å²) < 4.78 is 33.5. The van der Waals surface area contributed by atoms with Gasteiger partial charge in [0.25, 0.3) is 0 Å². The maximum atomic E-state index is 13.7. The molecule has 54 heavy (non-hydrogen) atoms. The Kier molecular flexibility index (Phi) is 10.8. The maximum absolute atomic E-state index is 13.7.